The van der Waals surface area contributed by atoms with Gasteiger partial charge in [0.25, 0.3) is 0 Å². The van der Waals surface area contributed by atoms with Crippen molar-refractivity contribution in [2.75, 3.05) is 25.0 Å². The number of rotatable bonds is 7. The highest BCUT2D eigenvalue weighted by molar-refractivity contribution is 5.90. The van der Waals surface area contributed by atoms with Gasteiger partial charge in [0.2, 0.25) is 5.91 Å². The molecule has 0 radical (unpaired) electrons. The lowest BCUT2D eigenvalue weighted by Crippen LogP contribution is -2.33. The predicted molar refractivity (Wildman–Crippen MR) is 92.9 cm³/mol. The molecule has 1 aliphatic heterocycles. The number of carbonyl (C=O) groups excluding carboxylic acids is 1. The van der Waals surface area contributed by atoms with E-state index < -0.39 is 0 Å². The minimum atomic E-state index is -0.0387. The smallest absolute Gasteiger partial charge is 0.226 e. The SMILES string of the molecule is O=C(CCOC1CCNCC1)Nc1cnn(Cc2ccccc2)c1. The van der Waals surface area contributed by atoms with Crippen LogP contribution in [0.4, 0.5) is 5.69 Å². The molecule has 0 bridgehead atoms. The first kappa shape index (κ1) is 16.7. The van der Waals surface area contributed by atoms with Gasteiger partial charge in [-0.2, -0.15) is 5.10 Å². The van der Waals surface area contributed by atoms with Crippen LogP contribution in [0.3, 0.4) is 0 Å². The number of benzene rings is 1. The van der Waals surface area contributed by atoms with Crippen LogP contribution < -0.4 is 10.6 Å². The summed E-state index contributed by atoms with van der Waals surface area (Å²) in [7, 11) is 0. The summed E-state index contributed by atoms with van der Waals surface area (Å²) in [5, 5.41) is 10.5. The highest BCUT2D eigenvalue weighted by Gasteiger charge is 2.13. The molecule has 1 saturated heterocycles. The molecular weight excluding hydrogens is 304 g/mol. The van der Waals surface area contributed by atoms with Gasteiger partial charge in [-0.25, -0.2) is 0 Å². The van der Waals surface area contributed by atoms with E-state index in [1.54, 1.807) is 6.20 Å². The molecule has 1 aliphatic rings. The molecule has 3 rings (SSSR count). The maximum absolute atomic E-state index is 12.0. The second kappa shape index (κ2) is 8.61. The van der Waals surface area contributed by atoms with E-state index in [4.69, 9.17) is 4.74 Å². The van der Waals surface area contributed by atoms with Gasteiger partial charge in [-0.1, -0.05) is 30.3 Å². The molecule has 6 nitrogen and oxygen atoms in total. The van der Waals surface area contributed by atoms with Crippen molar-refractivity contribution >= 4 is 11.6 Å². The molecule has 0 unspecified atom stereocenters. The lowest BCUT2D eigenvalue weighted by molar-refractivity contribution is -0.117. The lowest BCUT2D eigenvalue weighted by Gasteiger charge is -2.22. The van der Waals surface area contributed by atoms with Crippen molar-refractivity contribution in [3.63, 3.8) is 0 Å². The maximum Gasteiger partial charge on any atom is 0.226 e. The van der Waals surface area contributed by atoms with Gasteiger partial charge in [0.1, 0.15) is 0 Å². The summed E-state index contributed by atoms with van der Waals surface area (Å²) in [4.78, 5) is 12.0. The normalized spacial score (nSPS) is 15.3. The van der Waals surface area contributed by atoms with Gasteiger partial charge in [0, 0.05) is 6.20 Å². The number of amides is 1. The van der Waals surface area contributed by atoms with Gasteiger partial charge in [0.05, 0.1) is 37.6 Å². The summed E-state index contributed by atoms with van der Waals surface area (Å²) in [5.74, 6) is -0.0387. The fraction of sp³-hybridized carbons (Fsp3) is 0.444. The second-order valence-corrected chi connectivity index (χ2v) is 6.03. The predicted octanol–water partition coefficient (Wildman–Crippen LogP) is 2.03. The molecule has 2 N–H and O–H groups in total. The van der Waals surface area contributed by atoms with Gasteiger partial charge in [0.15, 0.2) is 0 Å². The van der Waals surface area contributed by atoms with Crippen LogP contribution in [0.15, 0.2) is 42.7 Å². The molecule has 0 saturated carbocycles. The molecule has 2 aromatic rings. The zero-order valence-corrected chi connectivity index (χ0v) is 13.8. The minimum absolute atomic E-state index is 0.0387. The van der Waals surface area contributed by atoms with E-state index in [1.807, 2.05) is 29.1 Å². The van der Waals surface area contributed by atoms with Crippen LogP contribution in [0.2, 0.25) is 0 Å². The first-order valence-electron chi connectivity index (χ1n) is 8.48. The quantitative estimate of drug-likeness (QED) is 0.816. The van der Waals surface area contributed by atoms with Gasteiger partial charge >= 0.3 is 0 Å². The van der Waals surface area contributed by atoms with E-state index in [1.165, 1.54) is 5.56 Å². The van der Waals surface area contributed by atoms with Crippen molar-refractivity contribution in [1.82, 2.24) is 15.1 Å². The van der Waals surface area contributed by atoms with Crippen LogP contribution in [0.25, 0.3) is 0 Å². The van der Waals surface area contributed by atoms with E-state index in [0.29, 0.717) is 19.6 Å². The van der Waals surface area contributed by atoms with Crippen molar-refractivity contribution in [1.29, 1.82) is 0 Å². The van der Waals surface area contributed by atoms with Crippen LogP contribution in [-0.2, 0) is 16.1 Å². The van der Waals surface area contributed by atoms with Crippen LogP contribution in [0.5, 0.6) is 0 Å². The molecule has 2 heterocycles. The second-order valence-electron chi connectivity index (χ2n) is 6.03. The van der Waals surface area contributed by atoms with E-state index in [-0.39, 0.29) is 12.0 Å². The third kappa shape index (κ3) is 5.18. The number of anilines is 1. The molecule has 1 fully saturated rings. The number of nitrogens with one attached hydrogen (secondary N) is 2. The first-order chi connectivity index (χ1) is 11.8. The van der Waals surface area contributed by atoms with Gasteiger partial charge in [-0.05, 0) is 31.5 Å². The summed E-state index contributed by atoms with van der Waals surface area (Å²) >= 11 is 0. The molecular formula is C18H24N4O2. The minimum Gasteiger partial charge on any atom is -0.378 e. The van der Waals surface area contributed by atoms with Gasteiger partial charge in [-0.3, -0.25) is 9.48 Å². The topological polar surface area (TPSA) is 68.2 Å². The molecule has 128 valence electrons. The number of piperidine rings is 1. The van der Waals surface area contributed by atoms with E-state index in [0.717, 1.165) is 31.6 Å². The Morgan fingerprint density at radius 2 is 2.08 bits per heavy atom. The van der Waals surface area contributed by atoms with Gasteiger partial charge in [-0.15, -0.1) is 0 Å². The molecule has 1 amide bonds. The Bertz CT molecular complexity index is 635. The maximum atomic E-state index is 12.0. The van der Waals surface area contributed by atoms with Crippen molar-refractivity contribution < 1.29 is 9.53 Å². The molecule has 24 heavy (non-hydrogen) atoms. The number of nitrogens with zero attached hydrogens (tertiary/aromatic N) is 2. The highest BCUT2D eigenvalue weighted by atomic mass is 16.5. The summed E-state index contributed by atoms with van der Waals surface area (Å²) < 4.78 is 7.57. The Morgan fingerprint density at radius 1 is 1.29 bits per heavy atom. The first-order valence-corrected chi connectivity index (χ1v) is 8.48. The number of hydrogen-bond acceptors (Lipinski definition) is 4. The summed E-state index contributed by atoms with van der Waals surface area (Å²) in [5.41, 5.74) is 1.90. The Balaban J connectivity index is 1.40. The van der Waals surface area contributed by atoms with Crippen molar-refractivity contribution in [2.24, 2.45) is 0 Å². The number of aromatic nitrogens is 2. The lowest BCUT2D eigenvalue weighted by atomic mass is 10.1. The largest absolute Gasteiger partial charge is 0.378 e. The third-order valence-electron chi connectivity index (χ3n) is 4.07. The van der Waals surface area contributed by atoms with Crippen LogP contribution in [0.1, 0.15) is 24.8 Å². The van der Waals surface area contributed by atoms with E-state index in [9.17, 15) is 4.79 Å². The molecule has 6 heteroatoms. The average Bonchev–Trinajstić information content (AvgIpc) is 3.03. The van der Waals surface area contributed by atoms with E-state index >= 15 is 0 Å². The van der Waals surface area contributed by atoms with Crippen molar-refractivity contribution in [3.8, 4) is 0 Å². The summed E-state index contributed by atoms with van der Waals surface area (Å²) in [6.45, 7) is 3.15. The molecule has 1 aromatic heterocycles. The molecule has 0 spiro atoms. The number of hydrogen-bond donors (Lipinski definition) is 2. The van der Waals surface area contributed by atoms with Crippen LogP contribution in [0, 0.1) is 0 Å². The Kier molecular flexibility index (Phi) is 5.98. The zero-order valence-electron chi connectivity index (χ0n) is 13.8. The average molecular weight is 328 g/mol. The van der Waals surface area contributed by atoms with E-state index in [2.05, 4.69) is 27.9 Å². The molecule has 0 atom stereocenters. The monoisotopic (exact) mass is 328 g/mol. The Morgan fingerprint density at radius 3 is 2.88 bits per heavy atom. The highest BCUT2D eigenvalue weighted by Crippen LogP contribution is 2.10. The molecule has 0 aliphatic carbocycles. The van der Waals surface area contributed by atoms with Crippen molar-refractivity contribution in [2.45, 2.75) is 31.9 Å². The summed E-state index contributed by atoms with van der Waals surface area (Å²) in [6, 6.07) is 10.1. The third-order valence-corrected chi connectivity index (χ3v) is 4.07. The summed E-state index contributed by atoms with van der Waals surface area (Å²) in [6.07, 6.45) is 6.22. The number of carbonyl (C=O) groups is 1. The van der Waals surface area contributed by atoms with Gasteiger partial charge < -0.3 is 15.4 Å². The van der Waals surface area contributed by atoms with Crippen LogP contribution >= 0.6 is 0 Å². The Labute approximate surface area is 142 Å². The van der Waals surface area contributed by atoms with Crippen molar-refractivity contribution in [3.05, 3.63) is 48.3 Å². The fourth-order valence-corrected chi connectivity index (χ4v) is 2.79. The fourth-order valence-electron chi connectivity index (χ4n) is 2.79. The Hall–Kier alpha value is -2.18. The van der Waals surface area contributed by atoms with Crippen LogP contribution in [-0.4, -0.2) is 41.5 Å². The molecule has 1 aromatic carbocycles. The zero-order chi connectivity index (χ0) is 16.6. The number of ether oxygens (including phenoxy) is 1. The standard InChI is InChI=1S/C18H24N4O2/c23-18(8-11-24-17-6-9-19-10-7-17)21-16-12-20-22(14-16)13-15-4-2-1-3-5-15/h1-5,12,14,17,19H,6-11,13H2,(H,21,23).